The topological polar surface area (TPSA) is 36.1 Å². The summed E-state index contributed by atoms with van der Waals surface area (Å²) in [6, 6.07) is 6.01. The molecule has 0 radical (unpaired) electrons. The van der Waals surface area contributed by atoms with Gasteiger partial charge in [-0.2, -0.15) is 0 Å². The summed E-state index contributed by atoms with van der Waals surface area (Å²) < 4.78 is 0. The number of pyridine rings is 1. The third kappa shape index (κ3) is 1.62. The fraction of sp³-hybridized carbons (Fsp3) is 0.357. The Bertz CT molecular complexity index is 642. The second kappa shape index (κ2) is 3.62. The number of benzene rings is 1. The summed E-state index contributed by atoms with van der Waals surface area (Å²) in [5, 5.41) is 1.17. The van der Waals surface area contributed by atoms with Crippen LogP contribution in [0, 0.1) is 6.92 Å². The molecular formula is C14H16N2O. The molecule has 1 aliphatic heterocycles. The van der Waals surface area contributed by atoms with Crippen LogP contribution in [0.1, 0.15) is 17.5 Å². The van der Waals surface area contributed by atoms with E-state index in [1.165, 1.54) is 23.1 Å². The molecule has 0 aliphatic carbocycles. The highest BCUT2D eigenvalue weighted by atomic mass is 16.1. The number of H-pyrrole nitrogens is 1. The van der Waals surface area contributed by atoms with E-state index in [1.807, 2.05) is 6.92 Å². The van der Waals surface area contributed by atoms with E-state index in [1.54, 1.807) is 6.07 Å². The molecule has 0 amide bonds. The Morgan fingerprint density at radius 3 is 2.94 bits per heavy atom. The van der Waals surface area contributed by atoms with Gasteiger partial charge in [0.2, 0.25) is 5.56 Å². The van der Waals surface area contributed by atoms with Crippen molar-refractivity contribution in [3.05, 3.63) is 39.7 Å². The van der Waals surface area contributed by atoms with Gasteiger partial charge in [-0.25, -0.2) is 0 Å². The van der Waals surface area contributed by atoms with Crippen molar-refractivity contribution in [2.75, 3.05) is 18.5 Å². The van der Waals surface area contributed by atoms with Crippen LogP contribution in [0.3, 0.4) is 0 Å². The summed E-state index contributed by atoms with van der Waals surface area (Å²) in [4.78, 5) is 16.7. The zero-order valence-electron chi connectivity index (χ0n) is 10.2. The Morgan fingerprint density at radius 1 is 1.29 bits per heavy atom. The summed E-state index contributed by atoms with van der Waals surface area (Å²) >= 11 is 0. The van der Waals surface area contributed by atoms with Gasteiger partial charge in [0.15, 0.2) is 0 Å². The van der Waals surface area contributed by atoms with Gasteiger partial charge in [-0.1, -0.05) is 0 Å². The maximum atomic E-state index is 11.5. The van der Waals surface area contributed by atoms with Crippen molar-refractivity contribution in [1.82, 2.24) is 4.98 Å². The number of aromatic amines is 1. The number of anilines is 1. The van der Waals surface area contributed by atoms with Crippen LogP contribution < -0.4 is 10.5 Å². The molecule has 88 valence electrons. The maximum absolute atomic E-state index is 11.5. The second-order valence-corrected chi connectivity index (χ2v) is 4.87. The third-order valence-electron chi connectivity index (χ3n) is 3.60. The molecule has 0 atom stereocenters. The quantitative estimate of drug-likeness (QED) is 0.750. The van der Waals surface area contributed by atoms with Gasteiger partial charge in [0.05, 0.1) is 5.52 Å². The van der Waals surface area contributed by atoms with Gasteiger partial charge >= 0.3 is 0 Å². The fourth-order valence-corrected chi connectivity index (χ4v) is 2.69. The first-order chi connectivity index (χ1) is 8.15. The Morgan fingerprint density at radius 2 is 2.12 bits per heavy atom. The fourth-order valence-electron chi connectivity index (χ4n) is 2.69. The van der Waals surface area contributed by atoms with Crippen LogP contribution in [0.5, 0.6) is 0 Å². The van der Waals surface area contributed by atoms with Crippen LogP contribution >= 0.6 is 0 Å². The first-order valence-corrected chi connectivity index (χ1v) is 6.03. The first kappa shape index (κ1) is 10.4. The van der Waals surface area contributed by atoms with E-state index in [0.717, 1.165) is 24.0 Å². The van der Waals surface area contributed by atoms with E-state index in [9.17, 15) is 4.79 Å². The summed E-state index contributed by atoms with van der Waals surface area (Å²) in [5.74, 6) is 0. The van der Waals surface area contributed by atoms with E-state index in [4.69, 9.17) is 0 Å². The zero-order valence-corrected chi connectivity index (χ0v) is 10.2. The number of aryl methyl sites for hydroxylation is 2. The Kier molecular flexibility index (Phi) is 2.21. The van der Waals surface area contributed by atoms with Gasteiger partial charge < -0.3 is 9.88 Å². The minimum Gasteiger partial charge on any atom is -0.374 e. The van der Waals surface area contributed by atoms with E-state index < -0.39 is 0 Å². The number of hydrogen-bond donors (Lipinski definition) is 1. The van der Waals surface area contributed by atoms with Crippen LogP contribution in [0.2, 0.25) is 0 Å². The van der Waals surface area contributed by atoms with Gasteiger partial charge in [0.1, 0.15) is 0 Å². The van der Waals surface area contributed by atoms with Gasteiger partial charge in [0, 0.05) is 30.7 Å². The maximum Gasteiger partial charge on any atom is 0.248 e. The number of nitrogens with one attached hydrogen (secondary N) is 1. The summed E-state index contributed by atoms with van der Waals surface area (Å²) in [7, 11) is 2.11. The minimum atomic E-state index is -0.0200. The number of rotatable bonds is 0. The van der Waals surface area contributed by atoms with E-state index in [2.05, 4.69) is 29.1 Å². The lowest BCUT2D eigenvalue weighted by atomic mass is 9.98. The molecule has 1 N–H and O–H groups in total. The molecule has 0 saturated heterocycles. The van der Waals surface area contributed by atoms with Crippen molar-refractivity contribution in [3.63, 3.8) is 0 Å². The van der Waals surface area contributed by atoms with Gasteiger partial charge in [-0.05, 0) is 43.0 Å². The lowest BCUT2D eigenvalue weighted by molar-refractivity contribution is 0.745. The normalized spacial score (nSPS) is 15.1. The van der Waals surface area contributed by atoms with Crippen LogP contribution in [-0.2, 0) is 6.42 Å². The largest absolute Gasteiger partial charge is 0.374 e. The summed E-state index contributed by atoms with van der Waals surface area (Å²) in [6.45, 7) is 3.09. The van der Waals surface area contributed by atoms with E-state index in [-0.39, 0.29) is 5.56 Å². The molecule has 3 heteroatoms. The predicted octanol–water partition coefficient (Wildman–Crippen LogP) is 2.22. The molecule has 2 heterocycles. The molecule has 3 nitrogen and oxygen atoms in total. The molecular weight excluding hydrogens is 212 g/mol. The average Bonchev–Trinajstić information content (AvgIpc) is 2.28. The summed E-state index contributed by atoms with van der Waals surface area (Å²) in [5.41, 5.74) is 4.63. The van der Waals surface area contributed by atoms with Crippen LogP contribution in [0.4, 0.5) is 5.69 Å². The van der Waals surface area contributed by atoms with Crippen molar-refractivity contribution >= 4 is 16.6 Å². The minimum absolute atomic E-state index is 0.0200. The molecule has 1 aromatic heterocycles. The van der Waals surface area contributed by atoms with E-state index >= 15 is 0 Å². The van der Waals surface area contributed by atoms with Crippen LogP contribution in [0.25, 0.3) is 10.9 Å². The Labute approximate surface area is 100 Å². The molecule has 0 spiro atoms. The lowest BCUT2D eigenvalue weighted by Gasteiger charge is -2.28. The highest BCUT2D eigenvalue weighted by Gasteiger charge is 2.15. The second-order valence-electron chi connectivity index (χ2n) is 4.87. The van der Waals surface area contributed by atoms with E-state index in [0.29, 0.717) is 0 Å². The Hall–Kier alpha value is -1.77. The lowest BCUT2D eigenvalue weighted by Crippen LogP contribution is -2.24. The van der Waals surface area contributed by atoms with Crippen molar-refractivity contribution in [2.24, 2.45) is 0 Å². The molecule has 3 rings (SSSR count). The summed E-state index contributed by atoms with van der Waals surface area (Å²) in [6.07, 6.45) is 2.34. The average molecular weight is 228 g/mol. The molecule has 0 fully saturated rings. The molecule has 1 aliphatic rings. The smallest absolute Gasteiger partial charge is 0.248 e. The van der Waals surface area contributed by atoms with Gasteiger partial charge in [-0.15, -0.1) is 0 Å². The van der Waals surface area contributed by atoms with Crippen molar-refractivity contribution in [3.8, 4) is 0 Å². The third-order valence-corrected chi connectivity index (χ3v) is 3.60. The first-order valence-electron chi connectivity index (χ1n) is 6.03. The van der Waals surface area contributed by atoms with Crippen molar-refractivity contribution in [1.29, 1.82) is 0 Å². The van der Waals surface area contributed by atoms with Crippen molar-refractivity contribution in [2.45, 2.75) is 19.8 Å². The molecule has 0 bridgehead atoms. The predicted molar refractivity (Wildman–Crippen MR) is 70.9 cm³/mol. The molecule has 0 saturated carbocycles. The molecule has 0 unspecified atom stereocenters. The molecule has 17 heavy (non-hydrogen) atoms. The number of fused-ring (bicyclic) bond motifs is 2. The molecule has 1 aromatic carbocycles. The monoisotopic (exact) mass is 228 g/mol. The Balaban J connectivity index is 2.35. The SMILES string of the molecule is Cc1cc(=O)[nH]c2cc3c(cc12)CCCN3C. The van der Waals surface area contributed by atoms with Gasteiger partial charge in [0.25, 0.3) is 0 Å². The zero-order chi connectivity index (χ0) is 12.0. The highest BCUT2D eigenvalue weighted by Crippen LogP contribution is 2.30. The molecule has 2 aromatic rings. The van der Waals surface area contributed by atoms with Crippen LogP contribution in [-0.4, -0.2) is 18.6 Å². The van der Waals surface area contributed by atoms with Crippen LogP contribution in [0.15, 0.2) is 23.0 Å². The van der Waals surface area contributed by atoms with Gasteiger partial charge in [-0.3, -0.25) is 4.79 Å². The standard InChI is InChI=1S/C14H16N2O/c1-9-6-14(17)15-12-8-13-10(7-11(9)12)4-3-5-16(13)2/h6-8H,3-5H2,1-2H3,(H,15,17). The highest BCUT2D eigenvalue weighted by molar-refractivity contribution is 5.87. The number of nitrogens with zero attached hydrogens (tertiary/aromatic N) is 1. The number of aromatic nitrogens is 1. The van der Waals surface area contributed by atoms with Crippen molar-refractivity contribution < 1.29 is 0 Å². The number of hydrogen-bond acceptors (Lipinski definition) is 2.